The Bertz CT molecular complexity index is 1260. The number of fused-ring (bicyclic) bond motifs is 6. The van der Waals surface area contributed by atoms with Gasteiger partial charge in [0.25, 0.3) is 0 Å². The Balaban J connectivity index is 1.28. The molecule has 5 heterocycles. The molecule has 1 fully saturated rings. The molecule has 0 radical (unpaired) electrons. The second-order valence-corrected chi connectivity index (χ2v) is 7.68. The maximum atomic E-state index is 13.0. The van der Waals surface area contributed by atoms with Crippen LogP contribution in [0.3, 0.4) is 0 Å². The number of amides is 2. The summed E-state index contributed by atoms with van der Waals surface area (Å²) in [5.74, 6) is 0.631. The van der Waals surface area contributed by atoms with E-state index in [1.165, 1.54) is 0 Å². The number of nitrogens with zero attached hydrogens (tertiary/aromatic N) is 6. The zero-order valence-electron chi connectivity index (χ0n) is 15.9. The summed E-state index contributed by atoms with van der Waals surface area (Å²) >= 11 is 0. The van der Waals surface area contributed by atoms with Gasteiger partial charge in [-0.2, -0.15) is 5.10 Å². The number of nitrogens with one attached hydrogen (secondary N) is 1. The van der Waals surface area contributed by atoms with Crippen molar-refractivity contribution < 1.29 is 4.79 Å². The van der Waals surface area contributed by atoms with E-state index >= 15 is 0 Å². The first-order valence-corrected chi connectivity index (χ1v) is 9.70. The van der Waals surface area contributed by atoms with E-state index in [2.05, 4.69) is 20.5 Å². The molecule has 3 aromatic heterocycles. The van der Waals surface area contributed by atoms with Crippen molar-refractivity contribution >= 4 is 17.2 Å². The van der Waals surface area contributed by atoms with Crippen LogP contribution < -0.4 is 5.32 Å². The largest absolute Gasteiger partial charge is 0.322 e. The fraction of sp³-hybridized carbons (Fsp3) is 0.238. The fourth-order valence-electron chi connectivity index (χ4n) is 4.48. The van der Waals surface area contributed by atoms with Crippen molar-refractivity contribution in [3.8, 4) is 11.4 Å². The SMILES string of the molecule is Cc1ccc(NC(=O)N2C[C@@H]3C[C@H]2c2ccnn23)cc1-c1ncc2cccn2n1. The normalized spacial score (nSPS) is 19.7. The Morgan fingerprint density at radius 1 is 1.24 bits per heavy atom. The van der Waals surface area contributed by atoms with Gasteiger partial charge < -0.3 is 10.2 Å². The summed E-state index contributed by atoms with van der Waals surface area (Å²) in [4.78, 5) is 19.4. The highest BCUT2D eigenvalue weighted by Gasteiger charge is 2.45. The van der Waals surface area contributed by atoms with Crippen LogP contribution in [-0.2, 0) is 0 Å². The number of hydrogen-bond acceptors (Lipinski definition) is 4. The van der Waals surface area contributed by atoms with Gasteiger partial charge in [0, 0.05) is 30.2 Å². The van der Waals surface area contributed by atoms with Crippen molar-refractivity contribution in [2.24, 2.45) is 0 Å². The smallest absolute Gasteiger partial charge is 0.314 e. The molecular weight excluding hydrogens is 366 g/mol. The predicted molar refractivity (Wildman–Crippen MR) is 108 cm³/mol. The third kappa shape index (κ3) is 2.45. The highest BCUT2D eigenvalue weighted by Crippen LogP contribution is 2.45. The van der Waals surface area contributed by atoms with Crippen LogP contribution in [-0.4, -0.2) is 41.9 Å². The summed E-state index contributed by atoms with van der Waals surface area (Å²) in [6.45, 7) is 2.71. The van der Waals surface area contributed by atoms with Gasteiger partial charge >= 0.3 is 6.03 Å². The Morgan fingerprint density at radius 2 is 2.17 bits per heavy atom. The maximum Gasteiger partial charge on any atom is 0.322 e. The minimum atomic E-state index is -0.0819. The van der Waals surface area contributed by atoms with Crippen molar-refractivity contribution in [1.29, 1.82) is 0 Å². The zero-order chi connectivity index (χ0) is 19.5. The van der Waals surface area contributed by atoms with E-state index in [0.717, 1.165) is 34.4 Å². The summed E-state index contributed by atoms with van der Waals surface area (Å²) < 4.78 is 3.85. The van der Waals surface area contributed by atoms with Gasteiger partial charge in [0.2, 0.25) is 0 Å². The lowest BCUT2D eigenvalue weighted by atomic mass is 10.1. The number of likely N-dealkylation sites (tertiary alicyclic amines) is 1. The zero-order valence-corrected chi connectivity index (χ0v) is 15.9. The maximum absolute atomic E-state index is 13.0. The highest BCUT2D eigenvalue weighted by molar-refractivity contribution is 5.91. The van der Waals surface area contributed by atoms with Crippen molar-refractivity contribution in [2.45, 2.75) is 25.4 Å². The standard InChI is InChI=1S/C21H19N7O/c1-13-4-5-14(9-17(13)20-22-11-15-3-2-8-27(15)25-20)24-21(29)26-12-16-10-19(26)18-6-7-23-28(16)18/h2-9,11,16,19H,10,12H2,1H3,(H,24,29)/t16-,19-/m0/s1. The number of aromatic nitrogens is 5. The Labute approximate surface area is 166 Å². The quantitative estimate of drug-likeness (QED) is 0.573. The predicted octanol–water partition coefficient (Wildman–Crippen LogP) is 3.43. The molecule has 6 rings (SSSR count). The van der Waals surface area contributed by atoms with E-state index in [-0.39, 0.29) is 18.1 Å². The number of anilines is 1. The van der Waals surface area contributed by atoms with Crippen LogP contribution in [0, 0.1) is 6.92 Å². The molecule has 0 spiro atoms. The molecule has 8 nitrogen and oxygen atoms in total. The summed E-state index contributed by atoms with van der Waals surface area (Å²) in [7, 11) is 0. The molecule has 144 valence electrons. The molecule has 2 aliphatic rings. The molecule has 1 N–H and O–H groups in total. The first kappa shape index (κ1) is 16.3. The average Bonchev–Trinajstić information content (AvgIpc) is 3.49. The van der Waals surface area contributed by atoms with Gasteiger partial charge in [0.05, 0.1) is 29.5 Å². The van der Waals surface area contributed by atoms with Gasteiger partial charge in [-0.3, -0.25) is 4.68 Å². The van der Waals surface area contributed by atoms with E-state index in [1.54, 1.807) is 10.7 Å². The number of carbonyl (C=O) groups excluding carboxylic acids is 1. The lowest BCUT2D eigenvalue weighted by Crippen LogP contribution is -2.38. The van der Waals surface area contributed by atoms with Crippen LogP contribution in [0.25, 0.3) is 16.9 Å². The topological polar surface area (TPSA) is 80.4 Å². The van der Waals surface area contributed by atoms with Crippen molar-refractivity contribution in [2.75, 3.05) is 11.9 Å². The Kier molecular flexibility index (Phi) is 3.32. The number of rotatable bonds is 2. The fourth-order valence-corrected chi connectivity index (χ4v) is 4.48. The number of benzene rings is 1. The molecule has 2 aliphatic heterocycles. The second-order valence-electron chi connectivity index (χ2n) is 7.68. The first-order valence-electron chi connectivity index (χ1n) is 9.70. The molecule has 1 saturated heterocycles. The van der Waals surface area contributed by atoms with Gasteiger partial charge in [0.15, 0.2) is 5.82 Å². The van der Waals surface area contributed by atoms with Crippen molar-refractivity contribution in [1.82, 2.24) is 29.3 Å². The number of carbonyl (C=O) groups is 1. The minimum Gasteiger partial charge on any atom is -0.314 e. The summed E-state index contributed by atoms with van der Waals surface area (Å²) in [6, 6.07) is 12.1. The lowest BCUT2D eigenvalue weighted by Gasteiger charge is -2.27. The molecule has 0 unspecified atom stereocenters. The summed E-state index contributed by atoms with van der Waals surface area (Å²) in [6.07, 6.45) is 6.45. The van der Waals surface area contributed by atoms with Crippen LogP contribution >= 0.6 is 0 Å². The van der Waals surface area contributed by atoms with Gasteiger partial charge in [-0.05, 0) is 49.2 Å². The molecule has 8 heteroatoms. The van der Waals surface area contributed by atoms with Gasteiger partial charge in [-0.15, -0.1) is 5.10 Å². The molecule has 2 amide bonds. The van der Waals surface area contributed by atoms with E-state index in [0.29, 0.717) is 12.4 Å². The molecule has 2 bridgehead atoms. The van der Waals surface area contributed by atoms with E-state index in [9.17, 15) is 4.79 Å². The van der Waals surface area contributed by atoms with E-state index in [1.807, 2.05) is 65.3 Å². The third-order valence-corrected chi connectivity index (χ3v) is 5.94. The Morgan fingerprint density at radius 3 is 3.10 bits per heavy atom. The van der Waals surface area contributed by atoms with E-state index < -0.39 is 0 Å². The molecule has 29 heavy (non-hydrogen) atoms. The number of hydrogen-bond donors (Lipinski definition) is 1. The van der Waals surface area contributed by atoms with Crippen LogP contribution in [0.2, 0.25) is 0 Å². The molecule has 0 saturated carbocycles. The van der Waals surface area contributed by atoms with Crippen LogP contribution in [0.4, 0.5) is 10.5 Å². The molecule has 0 aliphatic carbocycles. The molecular formula is C21H19N7O. The number of aryl methyl sites for hydroxylation is 1. The van der Waals surface area contributed by atoms with Crippen LogP contribution in [0.1, 0.15) is 29.8 Å². The molecule has 4 aromatic rings. The molecule has 1 aromatic carbocycles. The van der Waals surface area contributed by atoms with Gasteiger partial charge in [0.1, 0.15) is 0 Å². The van der Waals surface area contributed by atoms with Crippen molar-refractivity contribution in [3.05, 3.63) is 66.2 Å². The third-order valence-electron chi connectivity index (χ3n) is 5.94. The highest BCUT2D eigenvalue weighted by atomic mass is 16.2. The first-order chi connectivity index (χ1) is 14.2. The summed E-state index contributed by atoms with van der Waals surface area (Å²) in [5.41, 5.74) is 4.76. The van der Waals surface area contributed by atoms with Crippen LogP contribution in [0.5, 0.6) is 0 Å². The lowest BCUT2D eigenvalue weighted by molar-refractivity contribution is 0.198. The van der Waals surface area contributed by atoms with E-state index in [4.69, 9.17) is 0 Å². The summed E-state index contributed by atoms with van der Waals surface area (Å²) in [5, 5.41) is 12.0. The van der Waals surface area contributed by atoms with Gasteiger partial charge in [-0.1, -0.05) is 6.07 Å². The van der Waals surface area contributed by atoms with Crippen molar-refractivity contribution in [3.63, 3.8) is 0 Å². The Hall–Kier alpha value is -3.68. The van der Waals surface area contributed by atoms with Gasteiger partial charge in [-0.25, -0.2) is 14.3 Å². The molecule has 2 atom stereocenters. The van der Waals surface area contributed by atoms with Crippen LogP contribution in [0.15, 0.2) is 55.0 Å². The second kappa shape index (κ2) is 5.91. The minimum absolute atomic E-state index is 0.0819. The monoisotopic (exact) mass is 385 g/mol. The number of urea groups is 1. The average molecular weight is 385 g/mol.